The molecule has 1 aliphatic rings. The molecule has 7 nitrogen and oxygen atoms in total. The normalized spacial score (nSPS) is 14.6. The van der Waals surface area contributed by atoms with Gasteiger partial charge in [-0.2, -0.15) is 0 Å². The minimum atomic E-state index is -1.23. The first-order valence-electron chi connectivity index (χ1n) is 10.0. The van der Waals surface area contributed by atoms with Gasteiger partial charge in [0.15, 0.2) is 5.76 Å². The summed E-state index contributed by atoms with van der Waals surface area (Å²) in [4.78, 5) is 40.3. The van der Waals surface area contributed by atoms with Gasteiger partial charge in [-0.15, -0.1) is 0 Å². The van der Waals surface area contributed by atoms with Crippen LogP contribution in [-0.2, 0) is 20.8 Å². The largest absolute Gasteiger partial charge is 0.503 e. The van der Waals surface area contributed by atoms with Gasteiger partial charge in [0.2, 0.25) is 0 Å². The standard InChI is InChI=1S/C23H22Cl2N2O5/c1-2-10-26(15-8-9-17(24)18(25)12-15)21(29)16-13-27(22(30)20(16)28)19(23(31)32)11-14-6-4-3-5-7-14/h3-9,12,19,28H,2,10-11,13H2,1H3,(H,31,32). The van der Waals surface area contributed by atoms with Crippen LogP contribution in [0.4, 0.5) is 5.69 Å². The van der Waals surface area contributed by atoms with Gasteiger partial charge >= 0.3 is 5.97 Å². The highest BCUT2D eigenvalue weighted by molar-refractivity contribution is 6.42. The van der Waals surface area contributed by atoms with Gasteiger partial charge < -0.3 is 20.0 Å². The predicted octanol–water partition coefficient (Wildman–Crippen LogP) is 4.09. The lowest BCUT2D eigenvalue weighted by Gasteiger charge is -2.26. The first-order chi connectivity index (χ1) is 15.2. The third-order valence-electron chi connectivity index (χ3n) is 5.18. The van der Waals surface area contributed by atoms with Crippen molar-refractivity contribution in [2.24, 2.45) is 0 Å². The van der Waals surface area contributed by atoms with E-state index in [2.05, 4.69) is 0 Å². The molecule has 2 N–H and O–H groups in total. The van der Waals surface area contributed by atoms with Crippen molar-refractivity contribution in [1.82, 2.24) is 4.90 Å². The van der Waals surface area contributed by atoms with E-state index in [1.165, 1.54) is 11.0 Å². The van der Waals surface area contributed by atoms with Crippen LogP contribution in [0.5, 0.6) is 0 Å². The smallest absolute Gasteiger partial charge is 0.326 e. The van der Waals surface area contributed by atoms with Crippen molar-refractivity contribution < 1.29 is 24.6 Å². The van der Waals surface area contributed by atoms with Crippen LogP contribution in [0.1, 0.15) is 18.9 Å². The summed E-state index contributed by atoms with van der Waals surface area (Å²) in [6, 6.07) is 12.3. The third kappa shape index (κ3) is 4.89. The molecule has 0 saturated heterocycles. The van der Waals surface area contributed by atoms with Crippen molar-refractivity contribution in [3.05, 3.63) is 75.5 Å². The summed E-state index contributed by atoms with van der Waals surface area (Å²) in [7, 11) is 0. The number of carbonyl (C=O) groups excluding carboxylic acids is 2. The maximum absolute atomic E-state index is 13.3. The van der Waals surface area contributed by atoms with Crippen LogP contribution in [0.25, 0.3) is 0 Å². The van der Waals surface area contributed by atoms with Crippen LogP contribution >= 0.6 is 23.2 Å². The van der Waals surface area contributed by atoms with Crippen LogP contribution in [0.3, 0.4) is 0 Å². The summed E-state index contributed by atoms with van der Waals surface area (Å²) in [5, 5.41) is 20.8. The van der Waals surface area contributed by atoms with Gasteiger partial charge in [0.05, 0.1) is 22.2 Å². The number of aliphatic hydroxyl groups excluding tert-OH is 1. The number of carbonyl (C=O) groups is 3. The molecule has 2 aromatic rings. The number of anilines is 1. The second-order valence-electron chi connectivity index (χ2n) is 7.36. The van der Waals surface area contributed by atoms with Gasteiger partial charge in [-0.25, -0.2) is 4.79 Å². The summed E-state index contributed by atoms with van der Waals surface area (Å²) < 4.78 is 0. The molecule has 2 aromatic carbocycles. The van der Waals surface area contributed by atoms with Crippen molar-refractivity contribution in [3.63, 3.8) is 0 Å². The van der Waals surface area contributed by atoms with Gasteiger partial charge in [-0.1, -0.05) is 60.5 Å². The van der Waals surface area contributed by atoms with E-state index in [0.717, 1.165) is 10.5 Å². The van der Waals surface area contributed by atoms with Gasteiger partial charge in [0, 0.05) is 18.7 Å². The van der Waals surface area contributed by atoms with Crippen LogP contribution < -0.4 is 4.90 Å². The molecule has 0 saturated carbocycles. The average Bonchev–Trinajstić information content (AvgIpc) is 3.07. The first kappa shape index (κ1) is 23.6. The monoisotopic (exact) mass is 476 g/mol. The molecule has 1 atom stereocenters. The third-order valence-corrected chi connectivity index (χ3v) is 5.92. The minimum absolute atomic E-state index is 0.0438. The van der Waals surface area contributed by atoms with E-state index in [-0.39, 0.29) is 23.6 Å². The number of carboxylic acids is 1. The zero-order valence-electron chi connectivity index (χ0n) is 17.3. The molecule has 2 amide bonds. The summed E-state index contributed by atoms with van der Waals surface area (Å²) in [5.74, 6) is -3.45. The first-order valence-corrected chi connectivity index (χ1v) is 10.8. The quantitative estimate of drug-likeness (QED) is 0.597. The summed E-state index contributed by atoms with van der Waals surface area (Å²) in [5.41, 5.74) is 1.01. The number of nitrogens with zero attached hydrogens (tertiary/aromatic N) is 2. The maximum atomic E-state index is 13.3. The highest BCUT2D eigenvalue weighted by Gasteiger charge is 2.41. The second kappa shape index (κ2) is 10.1. The zero-order chi connectivity index (χ0) is 23.4. The number of hydrogen-bond donors (Lipinski definition) is 2. The lowest BCUT2D eigenvalue weighted by Crippen LogP contribution is -2.45. The Morgan fingerprint density at radius 3 is 2.41 bits per heavy atom. The number of hydrogen-bond acceptors (Lipinski definition) is 4. The molecule has 0 radical (unpaired) electrons. The molecule has 0 fully saturated rings. The highest BCUT2D eigenvalue weighted by Crippen LogP contribution is 2.30. The van der Waals surface area contributed by atoms with Crippen LogP contribution in [-0.4, -0.2) is 52.0 Å². The Bertz CT molecular complexity index is 1070. The Kier molecular flexibility index (Phi) is 7.43. The van der Waals surface area contributed by atoms with Crippen LogP contribution in [0.15, 0.2) is 59.9 Å². The number of carboxylic acid groups (broad SMARTS) is 1. The number of halogens is 2. The van der Waals surface area contributed by atoms with Crippen molar-refractivity contribution in [2.45, 2.75) is 25.8 Å². The van der Waals surface area contributed by atoms with Gasteiger partial charge in [0.1, 0.15) is 6.04 Å². The summed E-state index contributed by atoms with van der Waals surface area (Å²) in [6.45, 7) is 1.86. The molecule has 9 heteroatoms. The van der Waals surface area contributed by atoms with Gasteiger partial charge in [-0.05, 0) is 30.2 Å². The van der Waals surface area contributed by atoms with Crippen LogP contribution in [0, 0.1) is 0 Å². The van der Waals surface area contributed by atoms with E-state index in [4.69, 9.17) is 23.2 Å². The Hall–Kier alpha value is -3.03. The highest BCUT2D eigenvalue weighted by atomic mass is 35.5. The number of amides is 2. The van der Waals surface area contributed by atoms with Crippen molar-refractivity contribution in [1.29, 1.82) is 0 Å². The van der Waals surface area contributed by atoms with Crippen molar-refractivity contribution in [2.75, 3.05) is 18.0 Å². The molecule has 3 rings (SSSR count). The molecular formula is C23H22Cl2N2O5. The fourth-order valence-electron chi connectivity index (χ4n) is 3.56. The molecule has 0 spiro atoms. The maximum Gasteiger partial charge on any atom is 0.326 e. The number of rotatable bonds is 8. The van der Waals surface area contributed by atoms with E-state index in [9.17, 15) is 24.6 Å². The fraction of sp³-hybridized carbons (Fsp3) is 0.261. The number of aliphatic carboxylic acids is 1. The van der Waals surface area contributed by atoms with Gasteiger partial charge in [0.25, 0.3) is 11.8 Å². The minimum Gasteiger partial charge on any atom is -0.503 e. The van der Waals surface area contributed by atoms with E-state index in [0.29, 0.717) is 23.7 Å². The molecular weight excluding hydrogens is 455 g/mol. The topological polar surface area (TPSA) is 98.2 Å². The van der Waals surface area contributed by atoms with E-state index >= 15 is 0 Å². The molecule has 32 heavy (non-hydrogen) atoms. The molecule has 0 aromatic heterocycles. The number of benzene rings is 2. The lowest BCUT2D eigenvalue weighted by molar-refractivity contribution is -0.148. The molecule has 168 valence electrons. The lowest BCUT2D eigenvalue weighted by atomic mass is 10.0. The molecule has 0 aliphatic carbocycles. The van der Waals surface area contributed by atoms with E-state index in [1.54, 1.807) is 42.5 Å². The van der Waals surface area contributed by atoms with Crippen molar-refractivity contribution in [3.8, 4) is 0 Å². The summed E-state index contributed by atoms with van der Waals surface area (Å²) >= 11 is 12.1. The van der Waals surface area contributed by atoms with Crippen LogP contribution in [0.2, 0.25) is 10.0 Å². The summed E-state index contributed by atoms with van der Waals surface area (Å²) in [6.07, 6.45) is 0.644. The van der Waals surface area contributed by atoms with E-state index in [1.807, 2.05) is 6.92 Å². The SMILES string of the molecule is CCCN(C(=O)C1=C(O)C(=O)N(C(Cc2ccccc2)C(=O)O)C1)c1ccc(Cl)c(Cl)c1. The number of aliphatic hydroxyl groups is 1. The van der Waals surface area contributed by atoms with Crippen molar-refractivity contribution >= 4 is 46.7 Å². The molecule has 1 aliphatic heterocycles. The Morgan fingerprint density at radius 1 is 1.12 bits per heavy atom. The Labute approximate surface area is 195 Å². The Morgan fingerprint density at radius 2 is 1.81 bits per heavy atom. The zero-order valence-corrected chi connectivity index (χ0v) is 18.8. The predicted molar refractivity (Wildman–Crippen MR) is 122 cm³/mol. The average molecular weight is 477 g/mol. The second-order valence-corrected chi connectivity index (χ2v) is 8.17. The molecule has 0 bridgehead atoms. The molecule has 1 unspecified atom stereocenters. The Balaban J connectivity index is 1.88. The molecule has 1 heterocycles. The van der Waals surface area contributed by atoms with Gasteiger partial charge in [-0.3, -0.25) is 9.59 Å². The van der Waals surface area contributed by atoms with E-state index < -0.39 is 29.6 Å². The fourth-order valence-corrected chi connectivity index (χ4v) is 3.85.